The van der Waals surface area contributed by atoms with Crippen molar-refractivity contribution in [1.82, 2.24) is 0 Å². The van der Waals surface area contributed by atoms with Gasteiger partial charge in [-0.05, 0) is 30.2 Å². The molecule has 0 fully saturated rings. The molecule has 1 aromatic carbocycles. The normalized spacial score (nSPS) is 10.3. The third kappa shape index (κ3) is 1.81. The fourth-order valence-electron chi connectivity index (χ4n) is 1.41. The Kier molecular flexibility index (Phi) is 2.60. The lowest BCUT2D eigenvalue weighted by Gasteiger charge is -2.01. The Hall–Kier alpha value is -1.54. The summed E-state index contributed by atoms with van der Waals surface area (Å²) in [4.78, 5) is 10.7. The molecule has 76 valence electrons. The molecule has 2 aromatic rings. The Labute approximate surface area is 92.5 Å². The second kappa shape index (κ2) is 3.91. The van der Waals surface area contributed by atoms with Gasteiger partial charge in [-0.1, -0.05) is 23.7 Å². The van der Waals surface area contributed by atoms with Crippen LogP contribution in [0.5, 0.6) is 0 Å². The molecule has 0 saturated carbocycles. The molecule has 0 saturated heterocycles. The van der Waals surface area contributed by atoms with E-state index < -0.39 is 0 Å². The van der Waals surface area contributed by atoms with Crippen molar-refractivity contribution in [2.24, 2.45) is 0 Å². The molecule has 0 unspecified atom stereocenters. The molecule has 0 aliphatic heterocycles. The van der Waals surface area contributed by atoms with Crippen LogP contribution in [0.1, 0.15) is 16.1 Å². The molecule has 0 aliphatic rings. The van der Waals surface area contributed by atoms with Gasteiger partial charge in [0.25, 0.3) is 0 Å². The van der Waals surface area contributed by atoms with E-state index >= 15 is 0 Å². The standard InChI is InChI=1S/C12H9ClO2/c1-8-2-3-9(6-11(8)13)10-4-5-15-12(10)7-14/h2-7H,1H3. The van der Waals surface area contributed by atoms with Gasteiger partial charge in [-0.15, -0.1) is 0 Å². The van der Waals surface area contributed by atoms with E-state index in [0.717, 1.165) is 16.7 Å². The Balaban J connectivity index is 2.54. The zero-order chi connectivity index (χ0) is 10.8. The minimum absolute atomic E-state index is 0.329. The van der Waals surface area contributed by atoms with Crippen molar-refractivity contribution in [1.29, 1.82) is 0 Å². The third-order valence-electron chi connectivity index (χ3n) is 2.29. The van der Waals surface area contributed by atoms with Crippen LogP contribution in [-0.2, 0) is 0 Å². The van der Waals surface area contributed by atoms with Crippen LogP contribution in [0, 0.1) is 6.92 Å². The summed E-state index contributed by atoms with van der Waals surface area (Å²) in [6.07, 6.45) is 2.19. The van der Waals surface area contributed by atoms with Crippen molar-refractivity contribution in [3.8, 4) is 11.1 Å². The lowest BCUT2D eigenvalue weighted by Crippen LogP contribution is -1.83. The predicted octanol–water partition coefficient (Wildman–Crippen LogP) is 3.72. The number of aldehydes is 1. The van der Waals surface area contributed by atoms with Crippen molar-refractivity contribution >= 4 is 17.9 Å². The van der Waals surface area contributed by atoms with E-state index in [9.17, 15) is 4.79 Å². The van der Waals surface area contributed by atoms with Crippen LogP contribution in [-0.4, -0.2) is 6.29 Å². The van der Waals surface area contributed by atoms with E-state index in [4.69, 9.17) is 16.0 Å². The summed E-state index contributed by atoms with van der Waals surface area (Å²) in [5.74, 6) is 0.329. The quantitative estimate of drug-likeness (QED) is 0.722. The third-order valence-corrected chi connectivity index (χ3v) is 2.69. The maximum atomic E-state index is 10.7. The second-order valence-electron chi connectivity index (χ2n) is 3.28. The summed E-state index contributed by atoms with van der Waals surface area (Å²) >= 11 is 6.01. The number of halogens is 1. The highest BCUT2D eigenvalue weighted by Gasteiger charge is 2.08. The van der Waals surface area contributed by atoms with Gasteiger partial charge >= 0.3 is 0 Å². The molecular formula is C12H9ClO2. The fourth-order valence-corrected chi connectivity index (χ4v) is 1.59. The molecule has 0 N–H and O–H groups in total. The molecule has 2 nitrogen and oxygen atoms in total. The van der Waals surface area contributed by atoms with Gasteiger partial charge < -0.3 is 4.42 Å². The molecule has 0 radical (unpaired) electrons. The van der Waals surface area contributed by atoms with Crippen molar-refractivity contribution < 1.29 is 9.21 Å². The number of aryl methyl sites for hydroxylation is 1. The lowest BCUT2D eigenvalue weighted by molar-refractivity contribution is 0.110. The maximum absolute atomic E-state index is 10.7. The van der Waals surface area contributed by atoms with Gasteiger partial charge in [0, 0.05) is 10.6 Å². The highest BCUT2D eigenvalue weighted by molar-refractivity contribution is 6.31. The summed E-state index contributed by atoms with van der Waals surface area (Å²) in [7, 11) is 0. The first-order chi connectivity index (χ1) is 7.22. The summed E-state index contributed by atoms with van der Waals surface area (Å²) in [6.45, 7) is 1.93. The van der Waals surface area contributed by atoms with E-state index in [2.05, 4.69) is 0 Å². The molecule has 0 aliphatic carbocycles. The van der Waals surface area contributed by atoms with Crippen LogP contribution < -0.4 is 0 Å². The number of rotatable bonds is 2. The molecule has 0 amide bonds. The average molecular weight is 221 g/mol. The predicted molar refractivity (Wildman–Crippen MR) is 59.3 cm³/mol. The number of furan rings is 1. The summed E-state index contributed by atoms with van der Waals surface area (Å²) in [5.41, 5.74) is 2.67. The van der Waals surface area contributed by atoms with Gasteiger partial charge in [0.1, 0.15) is 0 Å². The van der Waals surface area contributed by atoms with Crippen LogP contribution in [0.15, 0.2) is 34.9 Å². The molecule has 1 heterocycles. The van der Waals surface area contributed by atoms with E-state index in [0.29, 0.717) is 17.1 Å². The van der Waals surface area contributed by atoms with Crippen molar-refractivity contribution in [2.75, 3.05) is 0 Å². The summed E-state index contributed by atoms with van der Waals surface area (Å²) in [5, 5.41) is 0.686. The highest BCUT2D eigenvalue weighted by Crippen LogP contribution is 2.27. The SMILES string of the molecule is Cc1ccc(-c2ccoc2C=O)cc1Cl. The fraction of sp³-hybridized carbons (Fsp3) is 0.0833. The first kappa shape index (κ1) is 9.99. The highest BCUT2D eigenvalue weighted by atomic mass is 35.5. The van der Waals surface area contributed by atoms with Crippen LogP contribution in [0.2, 0.25) is 5.02 Å². The summed E-state index contributed by atoms with van der Waals surface area (Å²) in [6, 6.07) is 7.41. The summed E-state index contributed by atoms with van der Waals surface area (Å²) < 4.78 is 5.03. The maximum Gasteiger partial charge on any atom is 0.185 e. The largest absolute Gasteiger partial charge is 0.461 e. The van der Waals surface area contributed by atoms with Crippen molar-refractivity contribution in [3.63, 3.8) is 0 Å². The van der Waals surface area contributed by atoms with E-state index in [1.54, 1.807) is 6.07 Å². The smallest absolute Gasteiger partial charge is 0.185 e. The van der Waals surface area contributed by atoms with Crippen molar-refractivity contribution in [3.05, 3.63) is 46.9 Å². The first-order valence-electron chi connectivity index (χ1n) is 4.51. The van der Waals surface area contributed by atoms with Gasteiger partial charge in [0.15, 0.2) is 12.0 Å². The van der Waals surface area contributed by atoms with Crippen LogP contribution in [0.25, 0.3) is 11.1 Å². The number of benzene rings is 1. The Morgan fingerprint density at radius 1 is 1.33 bits per heavy atom. The zero-order valence-corrected chi connectivity index (χ0v) is 8.91. The zero-order valence-electron chi connectivity index (χ0n) is 8.16. The van der Waals surface area contributed by atoms with Gasteiger partial charge in [0.2, 0.25) is 0 Å². The topological polar surface area (TPSA) is 30.2 Å². The van der Waals surface area contributed by atoms with E-state index in [1.165, 1.54) is 6.26 Å². The minimum Gasteiger partial charge on any atom is -0.461 e. The first-order valence-corrected chi connectivity index (χ1v) is 4.89. The van der Waals surface area contributed by atoms with Gasteiger partial charge in [-0.2, -0.15) is 0 Å². The lowest BCUT2D eigenvalue weighted by atomic mass is 10.1. The van der Waals surface area contributed by atoms with Crippen LogP contribution in [0.3, 0.4) is 0 Å². The number of carbonyl (C=O) groups is 1. The number of hydrogen-bond acceptors (Lipinski definition) is 2. The molecule has 1 aromatic heterocycles. The average Bonchev–Trinajstić information content (AvgIpc) is 2.70. The Bertz CT molecular complexity index is 500. The molecular weight excluding hydrogens is 212 g/mol. The molecule has 0 spiro atoms. The van der Waals surface area contributed by atoms with E-state index in [-0.39, 0.29) is 0 Å². The second-order valence-corrected chi connectivity index (χ2v) is 3.69. The molecule has 15 heavy (non-hydrogen) atoms. The van der Waals surface area contributed by atoms with Crippen LogP contribution in [0.4, 0.5) is 0 Å². The Morgan fingerprint density at radius 3 is 2.80 bits per heavy atom. The molecule has 0 bridgehead atoms. The van der Waals surface area contributed by atoms with E-state index in [1.807, 2.05) is 25.1 Å². The van der Waals surface area contributed by atoms with Gasteiger partial charge in [-0.25, -0.2) is 0 Å². The number of carbonyl (C=O) groups excluding carboxylic acids is 1. The van der Waals surface area contributed by atoms with Gasteiger partial charge in [-0.3, -0.25) is 4.79 Å². The van der Waals surface area contributed by atoms with Crippen molar-refractivity contribution in [2.45, 2.75) is 6.92 Å². The monoisotopic (exact) mass is 220 g/mol. The van der Waals surface area contributed by atoms with Crippen LogP contribution >= 0.6 is 11.6 Å². The molecule has 0 atom stereocenters. The Morgan fingerprint density at radius 2 is 2.13 bits per heavy atom. The number of hydrogen-bond donors (Lipinski definition) is 0. The molecule has 2 rings (SSSR count). The molecule has 3 heteroatoms. The van der Waals surface area contributed by atoms with Gasteiger partial charge in [0.05, 0.1) is 6.26 Å². The minimum atomic E-state index is 0.329.